The SMILES string of the molecule is CNC(Cc1ccc([N+](=O)[O-])cc1)c1c(F)cccc1Br. The van der Waals surface area contributed by atoms with Gasteiger partial charge in [0.2, 0.25) is 0 Å². The Kier molecular flexibility index (Phi) is 5.03. The highest BCUT2D eigenvalue weighted by Gasteiger charge is 2.18. The van der Waals surface area contributed by atoms with Gasteiger partial charge >= 0.3 is 0 Å². The van der Waals surface area contributed by atoms with E-state index in [2.05, 4.69) is 21.2 Å². The van der Waals surface area contributed by atoms with Gasteiger partial charge in [0.15, 0.2) is 0 Å². The molecule has 0 spiro atoms. The van der Waals surface area contributed by atoms with E-state index >= 15 is 0 Å². The van der Waals surface area contributed by atoms with Crippen LogP contribution in [-0.4, -0.2) is 12.0 Å². The van der Waals surface area contributed by atoms with Crippen LogP contribution in [0.5, 0.6) is 0 Å². The van der Waals surface area contributed by atoms with Gasteiger partial charge in [-0.15, -0.1) is 0 Å². The van der Waals surface area contributed by atoms with Crippen LogP contribution in [0.25, 0.3) is 0 Å². The van der Waals surface area contributed by atoms with Gasteiger partial charge in [0.25, 0.3) is 5.69 Å². The third kappa shape index (κ3) is 3.65. The van der Waals surface area contributed by atoms with Gasteiger partial charge in [-0.3, -0.25) is 10.1 Å². The number of rotatable bonds is 5. The van der Waals surface area contributed by atoms with Gasteiger partial charge in [-0.1, -0.05) is 34.1 Å². The van der Waals surface area contributed by atoms with Crippen LogP contribution in [-0.2, 0) is 6.42 Å². The minimum absolute atomic E-state index is 0.0480. The zero-order valence-electron chi connectivity index (χ0n) is 11.3. The predicted octanol–water partition coefficient (Wildman–Crippen LogP) is 4.00. The van der Waals surface area contributed by atoms with Crippen molar-refractivity contribution in [1.29, 1.82) is 0 Å². The van der Waals surface area contributed by atoms with Gasteiger partial charge in [0, 0.05) is 28.2 Å². The number of nitrogens with zero attached hydrogens (tertiary/aromatic N) is 1. The largest absolute Gasteiger partial charge is 0.313 e. The quantitative estimate of drug-likeness (QED) is 0.653. The number of hydrogen-bond donors (Lipinski definition) is 1. The second kappa shape index (κ2) is 6.78. The molecule has 1 N–H and O–H groups in total. The van der Waals surface area contributed by atoms with Gasteiger partial charge in [-0.05, 0) is 31.2 Å². The van der Waals surface area contributed by atoms with E-state index < -0.39 is 4.92 Å². The Morgan fingerprint density at radius 3 is 2.48 bits per heavy atom. The smallest absolute Gasteiger partial charge is 0.269 e. The molecule has 1 unspecified atom stereocenters. The van der Waals surface area contributed by atoms with Gasteiger partial charge in [0.05, 0.1) is 4.92 Å². The average Bonchev–Trinajstić information content (AvgIpc) is 2.46. The molecule has 0 aliphatic rings. The number of hydrogen-bond acceptors (Lipinski definition) is 3. The second-order valence-electron chi connectivity index (χ2n) is 4.60. The van der Waals surface area contributed by atoms with E-state index in [1.54, 1.807) is 31.3 Å². The molecule has 0 saturated carbocycles. The molecule has 2 aromatic rings. The lowest BCUT2D eigenvalue weighted by molar-refractivity contribution is -0.384. The van der Waals surface area contributed by atoms with Crippen molar-refractivity contribution in [2.45, 2.75) is 12.5 Å². The predicted molar refractivity (Wildman–Crippen MR) is 82.7 cm³/mol. The number of halogens is 2. The summed E-state index contributed by atoms with van der Waals surface area (Å²) in [5.41, 5.74) is 1.50. The summed E-state index contributed by atoms with van der Waals surface area (Å²) in [5, 5.41) is 13.7. The Hall–Kier alpha value is -1.79. The first-order valence-corrected chi connectivity index (χ1v) is 7.16. The number of nitro benzene ring substituents is 1. The zero-order valence-corrected chi connectivity index (χ0v) is 12.9. The standard InChI is InChI=1S/C15H14BrFN2O2/c1-18-14(15-12(16)3-2-4-13(15)17)9-10-5-7-11(8-6-10)19(20)21/h2-8,14,18H,9H2,1H3. The molecule has 0 fully saturated rings. The van der Waals surface area contributed by atoms with Crippen molar-refractivity contribution in [3.05, 3.63) is 74.0 Å². The number of likely N-dealkylation sites (N-methyl/N-ethyl adjacent to an activating group) is 1. The van der Waals surface area contributed by atoms with E-state index in [1.807, 2.05) is 0 Å². The molecule has 0 amide bonds. The van der Waals surface area contributed by atoms with Gasteiger partial charge in [0.1, 0.15) is 5.82 Å². The Morgan fingerprint density at radius 1 is 1.29 bits per heavy atom. The van der Waals surface area contributed by atoms with E-state index in [4.69, 9.17) is 0 Å². The first-order chi connectivity index (χ1) is 10.0. The van der Waals surface area contributed by atoms with E-state index in [0.29, 0.717) is 16.5 Å². The van der Waals surface area contributed by atoms with E-state index in [9.17, 15) is 14.5 Å². The number of nitro groups is 1. The minimum Gasteiger partial charge on any atom is -0.313 e. The Labute approximate surface area is 130 Å². The van der Waals surface area contributed by atoms with Crippen LogP contribution in [0.15, 0.2) is 46.9 Å². The maximum atomic E-state index is 14.0. The van der Waals surface area contributed by atoms with Gasteiger partial charge < -0.3 is 5.32 Å². The lowest BCUT2D eigenvalue weighted by atomic mass is 9.98. The molecule has 0 bridgehead atoms. The van der Waals surface area contributed by atoms with Gasteiger partial charge in [-0.2, -0.15) is 0 Å². The van der Waals surface area contributed by atoms with E-state index in [1.165, 1.54) is 18.2 Å². The average molecular weight is 353 g/mol. The molecule has 0 aliphatic carbocycles. The highest BCUT2D eigenvalue weighted by atomic mass is 79.9. The highest BCUT2D eigenvalue weighted by molar-refractivity contribution is 9.10. The van der Waals surface area contributed by atoms with Crippen LogP contribution in [0, 0.1) is 15.9 Å². The van der Waals surface area contributed by atoms with Crippen molar-refractivity contribution in [2.24, 2.45) is 0 Å². The van der Waals surface area contributed by atoms with Crippen molar-refractivity contribution in [2.75, 3.05) is 7.05 Å². The second-order valence-corrected chi connectivity index (χ2v) is 5.46. The monoisotopic (exact) mass is 352 g/mol. The summed E-state index contributed by atoms with van der Waals surface area (Å²) in [4.78, 5) is 10.2. The first-order valence-electron chi connectivity index (χ1n) is 6.37. The van der Waals surface area contributed by atoms with Crippen molar-refractivity contribution in [1.82, 2.24) is 5.32 Å². The first kappa shape index (κ1) is 15.6. The molecule has 0 aliphatic heterocycles. The minimum atomic E-state index is -0.438. The van der Waals surface area contributed by atoms with Crippen molar-refractivity contribution >= 4 is 21.6 Å². The molecule has 110 valence electrons. The fourth-order valence-electron chi connectivity index (χ4n) is 2.18. The fourth-order valence-corrected chi connectivity index (χ4v) is 2.80. The summed E-state index contributed by atoms with van der Waals surface area (Å²) in [6, 6.07) is 10.9. The molecule has 21 heavy (non-hydrogen) atoms. The number of benzene rings is 2. The maximum Gasteiger partial charge on any atom is 0.269 e. The summed E-state index contributed by atoms with van der Waals surface area (Å²) < 4.78 is 14.7. The molecular weight excluding hydrogens is 339 g/mol. The van der Waals surface area contributed by atoms with Crippen molar-refractivity contribution < 1.29 is 9.31 Å². The lowest BCUT2D eigenvalue weighted by Gasteiger charge is -2.19. The number of non-ortho nitro benzene ring substituents is 1. The summed E-state index contributed by atoms with van der Waals surface area (Å²) in [5.74, 6) is -0.286. The molecular formula is C15H14BrFN2O2. The van der Waals surface area contributed by atoms with Crippen molar-refractivity contribution in [3.63, 3.8) is 0 Å². The topological polar surface area (TPSA) is 55.2 Å². The molecule has 0 heterocycles. The molecule has 6 heteroatoms. The van der Waals surface area contributed by atoms with Crippen LogP contribution in [0.4, 0.5) is 10.1 Å². The maximum absolute atomic E-state index is 14.0. The molecule has 0 aromatic heterocycles. The number of nitrogens with one attached hydrogen (secondary N) is 1. The van der Waals surface area contributed by atoms with Crippen molar-refractivity contribution in [3.8, 4) is 0 Å². The summed E-state index contributed by atoms with van der Waals surface area (Å²) in [6.07, 6.45) is 0.536. The Bertz CT molecular complexity index is 626. The molecule has 0 radical (unpaired) electrons. The van der Waals surface area contributed by atoms with Crippen LogP contribution in [0.2, 0.25) is 0 Å². The van der Waals surface area contributed by atoms with Crippen LogP contribution in [0.3, 0.4) is 0 Å². The lowest BCUT2D eigenvalue weighted by Crippen LogP contribution is -2.20. The third-order valence-corrected chi connectivity index (χ3v) is 3.98. The molecule has 1 atom stereocenters. The molecule has 4 nitrogen and oxygen atoms in total. The molecule has 2 rings (SSSR count). The Morgan fingerprint density at radius 2 is 1.95 bits per heavy atom. The van der Waals surface area contributed by atoms with E-state index in [-0.39, 0.29) is 17.5 Å². The third-order valence-electron chi connectivity index (χ3n) is 3.28. The highest BCUT2D eigenvalue weighted by Crippen LogP contribution is 2.28. The van der Waals surface area contributed by atoms with Crippen LogP contribution >= 0.6 is 15.9 Å². The van der Waals surface area contributed by atoms with Crippen LogP contribution < -0.4 is 5.32 Å². The van der Waals surface area contributed by atoms with Crippen LogP contribution in [0.1, 0.15) is 17.2 Å². The van der Waals surface area contributed by atoms with Gasteiger partial charge in [-0.25, -0.2) is 4.39 Å². The zero-order chi connectivity index (χ0) is 15.4. The summed E-state index contributed by atoms with van der Waals surface area (Å²) in [7, 11) is 1.76. The molecule has 0 saturated heterocycles. The normalized spacial score (nSPS) is 12.1. The fraction of sp³-hybridized carbons (Fsp3) is 0.200. The van der Waals surface area contributed by atoms with E-state index in [0.717, 1.165) is 5.56 Å². The Balaban J connectivity index is 2.25. The molecule has 2 aromatic carbocycles. The summed E-state index contributed by atoms with van der Waals surface area (Å²) >= 11 is 3.36. The summed E-state index contributed by atoms with van der Waals surface area (Å²) in [6.45, 7) is 0.